The van der Waals surface area contributed by atoms with Gasteiger partial charge in [0.05, 0.1) is 11.1 Å². The summed E-state index contributed by atoms with van der Waals surface area (Å²) in [5, 5.41) is 7.54. The Labute approximate surface area is 156 Å². The fourth-order valence-corrected chi connectivity index (χ4v) is 3.80. The molecule has 0 bridgehead atoms. The number of hydrogen-bond acceptors (Lipinski definition) is 5. The Morgan fingerprint density at radius 2 is 1.67 bits per heavy atom. The molecule has 1 saturated heterocycles. The highest BCUT2D eigenvalue weighted by atomic mass is 16.2. The van der Waals surface area contributed by atoms with E-state index in [4.69, 9.17) is 0 Å². The highest BCUT2D eigenvalue weighted by Crippen LogP contribution is 2.22. The Morgan fingerprint density at radius 3 is 2.33 bits per heavy atom. The van der Waals surface area contributed by atoms with Crippen molar-refractivity contribution in [1.29, 1.82) is 0 Å². The van der Waals surface area contributed by atoms with Crippen LogP contribution in [0.3, 0.4) is 0 Å². The second-order valence-corrected chi connectivity index (χ2v) is 7.14. The molecule has 2 aliphatic rings. The Balaban J connectivity index is 1.34. The average Bonchev–Trinajstić information content (AvgIpc) is 3.16. The molecule has 2 amide bonds. The SMILES string of the molecule is O=C1c2ccccc2C(=O)N1CCCn1cnn(CC2CCNCC2)c1=O. The number of aromatic nitrogens is 3. The molecule has 8 nitrogen and oxygen atoms in total. The zero-order valence-electron chi connectivity index (χ0n) is 15.1. The summed E-state index contributed by atoms with van der Waals surface area (Å²) < 4.78 is 3.08. The molecule has 0 unspecified atom stereocenters. The van der Waals surface area contributed by atoms with Crippen molar-refractivity contribution in [3.63, 3.8) is 0 Å². The molecule has 0 spiro atoms. The second-order valence-electron chi connectivity index (χ2n) is 7.14. The number of benzene rings is 1. The van der Waals surface area contributed by atoms with Crippen molar-refractivity contribution in [2.24, 2.45) is 5.92 Å². The number of nitrogens with one attached hydrogen (secondary N) is 1. The summed E-state index contributed by atoms with van der Waals surface area (Å²) >= 11 is 0. The number of rotatable bonds is 6. The first-order valence-electron chi connectivity index (χ1n) is 9.43. The van der Waals surface area contributed by atoms with Gasteiger partial charge >= 0.3 is 5.69 Å². The summed E-state index contributed by atoms with van der Waals surface area (Å²) in [6, 6.07) is 6.85. The van der Waals surface area contributed by atoms with Gasteiger partial charge in [0.2, 0.25) is 0 Å². The van der Waals surface area contributed by atoms with Gasteiger partial charge in [0.15, 0.2) is 0 Å². The van der Waals surface area contributed by atoms with Crippen molar-refractivity contribution < 1.29 is 9.59 Å². The van der Waals surface area contributed by atoms with Gasteiger partial charge < -0.3 is 5.32 Å². The highest BCUT2D eigenvalue weighted by molar-refractivity contribution is 6.21. The average molecular weight is 369 g/mol. The van der Waals surface area contributed by atoms with E-state index >= 15 is 0 Å². The predicted octanol–water partition coefficient (Wildman–Crippen LogP) is 0.731. The molecule has 0 saturated carbocycles. The molecular weight excluding hydrogens is 346 g/mol. The van der Waals surface area contributed by atoms with Gasteiger partial charge in [0, 0.05) is 19.6 Å². The first-order valence-corrected chi connectivity index (χ1v) is 9.43. The summed E-state index contributed by atoms with van der Waals surface area (Å²) in [5.41, 5.74) is 0.778. The molecule has 1 aromatic carbocycles. The number of imide groups is 1. The Kier molecular flexibility index (Phi) is 4.89. The quantitative estimate of drug-likeness (QED) is 0.759. The lowest BCUT2D eigenvalue weighted by molar-refractivity contribution is 0.0650. The van der Waals surface area contributed by atoms with Crippen LogP contribution in [0.15, 0.2) is 35.4 Å². The topological polar surface area (TPSA) is 89.2 Å². The molecule has 1 N–H and O–H groups in total. The highest BCUT2D eigenvalue weighted by Gasteiger charge is 2.34. The van der Waals surface area contributed by atoms with E-state index in [1.165, 1.54) is 9.58 Å². The first kappa shape index (κ1) is 17.7. The van der Waals surface area contributed by atoms with Crippen molar-refractivity contribution in [2.45, 2.75) is 32.4 Å². The fourth-order valence-electron chi connectivity index (χ4n) is 3.80. The number of amides is 2. The summed E-state index contributed by atoms with van der Waals surface area (Å²) in [6.07, 6.45) is 4.17. The third kappa shape index (κ3) is 3.44. The van der Waals surface area contributed by atoms with Crippen molar-refractivity contribution in [2.75, 3.05) is 19.6 Å². The second kappa shape index (κ2) is 7.48. The van der Waals surface area contributed by atoms with Crippen LogP contribution in [0.25, 0.3) is 0 Å². The zero-order chi connectivity index (χ0) is 18.8. The Bertz CT molecular complexity index is 875. The van der Waals surface area contributed by atoms with E-state index in [1.807, 2.05) is 0 Å². The van der Waals surface area contributed by atoms with Crippen LogP contribution in [0.1, 0.15) is 40.0 Å². The molecule has 2 aliphatic heterocycles. The largest absolute Gasteiger partial charge is 0.345 e. The normalized spacial score (nSPS) is 17.6. The summed E-state index contributed by atoms with van der Waals surface area (Å²) in [5.74, 6) is -0.0419. The van der Waals surface area contributed by atoms with Gasteiger partial charge in [-0.25, -0.2) is 9.48 Å². The predicted molar refractivity (Wildman–Crippen MR) is 98.5 cm³/mol. The van der Waals surface area contributed by atoms with Gasteiger partial charge in [-0.1, -0.05) is 12.1 Å². The minimum Gasteiger partial charge on any atom is -0.317 e. The van der Waals surface area contributed by atoms with Crippen molar-refractivity contribution in [3.8, 4) is 0 Å². The molecule has 3 heterocycles. The van der Waals surface area contributed by atoms with E-state index in [-0.39, 0.29) is 24.0 Å². The molecule has 2 aromatic rings. The number of aryl methyl sites for hydroxylation is 1. The van der Waals surface area contributed by atoms with E-state index < -0.39 is 0 Å². The lowest BCUT2D eigenvalue weighted by Crippen LogP contribution is -2.34. The summed E-state index contributed by atoms with van der Waals surface area (Å²) in [6.45, 7) is 3.34. The van der Waals surface area contributed by atoms with Gasteiger partial charge in [-0.3, -0.25) is 19.1 Å². The molecule has 1 fully saturated rings. The summed E-state index contributed by atoms with van der Waals surface area (Å²) in [4.78, 5) is 38.5. The molecule has 0 radical (unpaired) electrons. The molecule has 0 atom stereocenters. The van der Waals surface area contributed by atoms with Crippen molar-refractivity contribution >= 4 is 11.8 Å². The lowest BCUT2D eigenvalue weighted by Gasteiger charge is -2.21. The smallest absolute Gasteiger partial charge is 0.317 e. The minimum atomic E-state index is -0.260. The van der Waals surface area contributed by atoms with Crippen LogP contribution in [0.4, 0.5) is 0 Å². The third-order valence-electron chi connectivity index (χ3n) is 5.35. The van der Waals surface area contributed by atoms with Crippen LogP contribution in [-0.4, -0.2) is 50.7 Å². The van der Waals surface area contributed by atoms with Crippen LogP contribution in [0, 0.1) is 5.92 Å². The standard InChI is InChI=1S/C19H23N5O3/c25-17-15-4-1-2-5-16(15)18(26)23(17)11-3-10-22-13-21-24(19(22)27)12-14-6-8-20-9-7-14/h1-2,4-5,13-14,20H,3,6-12H2. The summed E-state index contributed by atoms with van der Waals surface area (Å²) in [7, 11) is 0. The molecular formula is C19H23N5O3. The minimum absolute atomic E-state index is 0.129. The van der Waals surface area contributed by atoms with E-state index in [0.29, 0.717) is 36.6 Å². The van der Waals surface area contributed by atoms with E-state index in [9.17, 15) is 14.4 Å². The van der Waals surface area contributed by atoms with Crippen LogP contribution in [0.5, 0.6) is 0 Å². The molecule has 27 heavy (non-hydrogen) atoms. The van der Waals surface area contributed by atoms with E-state index in [1.54, 1.807) is 35.2 Å². The number of piperidine rings is 1. The van der Waals surface area contributed by atoms with Gasteiger partial charge in [-0.15, -0.1) is 0 Å². The fraction of sp³-hybridized carbons (Fsp3) is 0.474. The number of fused-ring (bicyclic) bond motifs is 1. The maximum Gasteiger partial charge on any atom is 0.345 e. The Morgan fingerprint density at radius 1 is 1.00 bits per heavy atom. The van der Waals surface area contributed by atoms with E-state index in [0.717, 1.165) is 25.9 Å². The molecule has 0 aliphatic carbocycles. The molecule has 1 aromatic heterocycles. The Hall–Kier alpha value is -2.74. The molecule has 8 heteroatoms. The maximum atomic E-state index is 12.5. The number of hydrogen-bond donors (Lipinski definition) is 1. The van der Waals surface area contributed by atoms with Gasteiger partial charge in [-0.2, -0.15) is 5.10 Å². The van der Waals surface area contributed by atoms with Gasteiger partial charge in [0.25, 0.3) is 11.8 Å². The van der Waals surface area contributed by atoms with Crippen LogP contribution in [0.2, 0.25) is 0 Å². The van der Waals surface area contributed by atoms with Crippen molar-refractivity contribution in [3.05, 3.63) is 52.2 Å². The van der Waals surface area contributed by atoms with Crippen LogP contribution < -0.4 is 11.0 Å². The van der Waals surface area contributed by atoms with Crippen LogP contribution >= 0.6 is 0 Å². The first-order chi connectivity index (χ1) is 13.1. The molecule has 142 valence electrons. The van der Waals surface area contributed by atoms with E-state index in [2.05, 4.69) is 10.4 Å². The van der Waals surface area contributed by atoms with Gasteiger partial charge in [0.1, 0.15) is 6.33 Å². The third-order valence-corrected chi connectivity index (χ3v) is 5.35. The van der Waals surface area contributed by atoms with Gasteiger partial charge in [-0.05, 0) is 50.4 Å². The monoisotopic (exact) mass is 369 g/mol. The zero-order valence-corrected chi connectivity index (χ0v) is 15.1. The number of carbonyl (C=O) groups excluding carboxylic acids is 2. The maximum absolute atomic E-state index is 12.5. The molecule has 4 rings (SSSR count). The van der Waals surface area contributed by atoms with Crippen LogP contribution in [-0.2, 0) is 13.1 Å². The lowest BCUT2D eigenvalue weighted by atomic mass is 9.98. The number of carbonyl (C=O) groups is 2. The van der Waals surface area contributed by atoms with Crippen molar-refractivity contribution in [1.82, 2.24) is 24.6 Å². The number of nitrogens with zero attached hydrogens (tertiary/aromatic N) is 4.